The number of esters is 1. The topological polar surface area (TPSA) is 87.0 Å². The Hall–Kier alpha value is -1.69. The van der Waals surface area contributed by atoms with Gasteiger partial charge in [-0.25, -0.2) is 4.79 Å². The van der Waals surface area contributed by atoms with Gasteiger partial charge >= 0.3 is 5.97 Å². The molecule has 0 radical (unpaired) electrons. The van der Waals surface area contributed by atoms with E-state index >= 15 is 0 Å². The smallest absolute Gasteiger partial charge is 0.331 e. The monoisotopic (exact) mass is 418 g/mol. The summed E-state index contributed by atoms with van der Waals surface area (Å²) in [5.41, 5.74) is 3.60. The summed E-state index contributed by atoms with van der Waals surface area (Å²) in [7, 11) is 0. The van der Waals surface area contributed by atoms with Gasteiger partial charge in [0.25, 0.3) is 0 Å². The molecule has 0 saturated heterocycles. The van der Waals surface area contributed by atoms with Crippen molar-refractivity contribution in [3.63, 3.8) is 0 Å². The van der Waals surface area contributed by atoms with E-state index in [2.05, 4.69) is 20.8 Å². The summed E-state index contributed by atoms with van der Waals surface area (Å²) in [6, 6.07) is 0. The minimum atomic E-state index is -0.908. The van der Waals surface area contributed by atoms with Crippen LogP contribution in [0, 0.1) is 5.41 Å². The predicted molar refractivity (Wildman–Crippen MR) is 119 cm³/mol. The quantitative estimate of drug-likeness (QED) is 0.367. The summed E-state index contributed by atoms with van der Waals surface area (Å²) < 4.78 is 5.15. The van der Waals surface area contributed by atoms with Crippen molar-refractivity contribution in [2.24, 2.45) is 5.41 Å². The molecule has 0 aromatic heterocycles. The van der Waals surface area contributed by atoms with Crippen molar-refractivity contribution in [1.82, 2.24) is 0 Å². The van der Waals surface area contributed by atoms with Gasteiger partial charge in [-0.15, -0.1) is 0 Å². The standard InChI is InChI=1S/C25H38O5/c1-18-7-5-12-24(2,3)21(18)11-14-25(4,29)13-6-8-19(16-26)9-10-22-20(17-27)15-23(28)30-22/h6,9,13,15,22,26-27,29H,5,7-8,10-12,14,16-17H2,1-4H3. The van der Waals surface area contributed by atoms with Crippen LogP contribution in [-0.4, -0.2) is 46.2 Å². The van der Waals surface area contributed by atoms with E-state index < -0.39 is 17.7 Å². The molecule has 0 bridgehead atoms. The summed E-state index contributed by atoms with van der Waals surface area (Å²) in [5, 5.41) is 29.7. The van der Waals surface area contributed by atoms with Gasteiger partial charge in [0, 0.05) is 18.1 Å². The first-order chi connectivity index (χ1) is 14.1. The Kier molecular flexibility index (Phi) is 8.65. The molecule has 2 atom stereocenters. The zero-order valence-corrected chi connectivity index (χ0v) is 18.9. The van der Waals surface area contributed by atoms with Gasteiger partial charge in [0.05, 0.1) is 18.8 Å². The van der Waals surface area contributed by atoms with Crippen LogP contribution in [0.1, 0.15) is 72.6 Å². The molecule has 0 spiro atoms. The van der Waals surface area contributed by atoms with Crippen molar-refractivity contribution in [3.8, 4) is 0 Å². The molecule has 5 nitrogen and oxygen atoms in total. The summed E-state index contributed by atoms with van der Waals surface area (Å²) in [6.07, 6.45) is 12.5. The molecule has 0 aromatic carbocycles. The van der Waals surface area contributed by atoms with Crippen LogP contribution >= 0.6 is 0 Å². The number of hydrogen-bond acceptors (Lipinski definition) is 5. The van der Waals surface area contributed by atoms with Crippen molar-refractivity contribution in [2.75, 3.05) is 13.2 Å². The number of carbonyl (C=O) groups is 1. The second-order valence-electron chi connectivity index (χ2n) is 9.52. The first-order valence-electron chi connectivity index (χ1n) is 11.0. The molecule has 2 aliphatic rings. The fourth-order valence-electron chi connectivity index (χ4n) is 4.48. The molecule has 5 heteroatoms. The zero-order valence-electron chi connectivity index (χ0n) is 18.9. The van der Waals surface area contributed by atoms with Crippen LogP contribution in [0.5, 0.6) is 0 Å². The second kappa shape index (κ2) is 10.6. The highest BCUT2D eigenvalue weighted by Gasteiger charge is 2.29. The van der Waals surface area contributed by atoms with Crippen molar-refractivity contribution in [1.29, 1.82) is 0 Å². The van der Waals surface area contributed by atoms with Gasteiger partial charge in [-0.2, -0.15) is 0 Å². The van der Waals surface area contributed by atoms with Crippen LogP contribution < -0.4 is 0 Å². The van der Waals surface area contributed by atoms with E-state index in [0.29, 0.717) is 24.8 Å². The fourth-order valence-corrected chi connectivity index (χ4v) is 4.48. The van der Waals surface area contributed by atoms with Gasteiger partial charge in [-0.1, -0.05) is 43.2 Å². The number of carbonyl (C=O) groups excluding carboxylic acids is 1. The number of ether oxygens (including phenoxy) is 1. The zero-order chi connectivity index (χ0) is 22.4. The maximum atomic E-state index is 11.3. The first-order valence-corrected chi connectivity index (χ1v) is 11.0. The lowest BCUT2D eigenvalue weighted by atomic mass is 9.70. The van der Waals surface area contributed by atoms with Crippen molar-refractivity contribution >= 4 is 5.97 Å². The van der Waals surface area contributed by atoms with Crippen LogP contribution in [0.15, 0.2) is 46.6 Å². The Morgan fingerprint density at radius 1 is 1.37 bits per heavy atom. The molecule has 168 valence electrons. The molecule has 2 rings (SSSR count). The van der Waals surface area contributed by atoms with Crippen molar-refractivity contribution in [3.05, 3.63) is 46.6 Å². The Balaban J connectivity index is 1.90. The van der Waals surface area contributed by atoms with Crippen LogP contribution in [0.3, 0.4) is 0 Å². The predicted octanol–water partition coefficient (Wildman–Crippen LogP) is 4.14. The summed E-state index contributed by atoms with van der Waals surface area (Å²) in [5.74, 6) is -0.439. The largest absolute Gasteiger partial charge is 0.454 e. The SMILES string of the molecule is CC1=C(CCC(C)(O)C=CCC(=CCC2OC(=O)C=C2CO)CO)C(C)(C)CCC1. The van der Waals surface area contributed by atoms with E-state index in [1.807, 2.05) is 25.2 Å². The third kappa shape index (κ3) is 6.93. The maximum absolute atomic E-state index is 11.3. The molecule has 2 unspecified atom stereocenters. The third-order valence-corrected chi connectivity index (χ3v) is 6.41. The highest BCUT2D eigenvalue weighted by molar-refractivity contribution is 5.85. The summed E-state index contributed by atoms with van der Waals surface area (Å²) >= 11 is 0. The molecule has 1 aliphatic heterocycles. The lowest BCUT2D eigenvalue weighted by Crippen LogP contribution is -2.25. The Morgan fingerprint density at radius 3 is 2.73 bits per heavy atom. The lowest BCUT2D eigenvalue weighted by Gasteiger charge is -2.36. The van der Waals surface area contributed by atoms with E-state index in [0.717, 1.165) is 18.4 Å². The number of rotatable bonds is 10. The molecule has 1 aliphatic carbocycles. The van der Waals surface area contributed by atoms with E-state index in [1.165, 1.54) is 30.1 Å². The van der Waals surface area contributed by atoms with Gasteiger partial charge in [0.1, 0.15) is 6.10 Å². The van der Waals surface area contributed by atoms with Crippen LogP contribution in [-0.2, 0) is 9.53 Å². The number of aliphatic hydroxyl groups is 3. The molecule has 0 saturated carbocycles. The average Bonchev–Trinajstić information content (AvgIpc) is 3.03. The fraction of sp³-hybridized carbons (Fsp3) is 0.640. The highest BCUT2D eigenvalue weighted by Crippen LogP contribution is 2.43. The lowest BCUT2D eigenvalue weighted by molar-refractivity contribution is -0.138. The van der Waals surface area contributed by atoms with E-state index in [1.54, 1.807) is 0 Å². The van der Waals surface area contributed by atoms with Gasteiger partial charge in [0.15, 0.2) is 0 Å². The third-order valence-electron chi connectivity index (χ3n) is 6.41. The molecule has 0 fully saturated rings. The summed E-state index contributed by atoms with van der Waals surface area (Å²) in [6.45, 7) is 8.32. The second-order valence-corrected chi connectivity index (χ2v) is 9.52. The van der Waals surface area contributed by atoms with Gasteiger partial charge < -0.3 is 20.1 Å². The van der Waals surface area contributed by atoms with Gasteiger partial charge in [-0.05, 0) is 63.4 Å². The van der Waals surface area contributed by atoms with Gasteiger partial charge in [-0.3, -0.25) is 0 Å². The Morgan fingerprint density at radius 2 is 2.10 bits per heavy atom. The number of cyclic esters (lactones) is 1. The minimum Gasteiger partial charge on any atom is -0.454 e. The van der Waals surface area contributed by atoms with Crippen LogP contribution in [0.4, 0.5) is 0 Å². The number of hydrogen-bond donors (Lipinski definition) is 3. The molecule has 30 heavy (non-hydrogen) atoms. The van der Waals surface area contributed by atoms with Crippen molar-refractivity contribution < 1.29 is 24.9 Å². The van der Waals surface area contributed by atoms with Crippen LogP contribution in [0.2, 0.25) is 0 Å². The van der Waals surface area contributed by atoms with Crippen LogP contribution in [0.25, 0.3) is 0 Å². The van der Waals surface area contributed by atoms with E-state index in [9.17, 15) is 20.1 Å². The average molecular weight is 419 g/mol. The van der Waals surface area contributed by atoms with Crippen molar-refractivity contribution in [2.45, 2.75) is 84.3 Å². The Bertz CT molecular complexity index is 737. The molecular weight excluding hydrogens is 380 g/mol. The number of allylic oxidation sites excluding steroid dienone is 3. The van der Waals surface area contributed by atoms with E-state index in [-0.39, 0.29) is 18.6 Å². The number of aliphatic hydroxyl groups excluding tert-OH is 2. The Labute approximate surface area is 180 Å². The molecule has 0 amide bonds. The molecular formula is C25H38O5. The van der Waals surface area contributed by atoms with E-state index in [4.69, 9.17) is 4.74 Å². The molecule has 1 heterocycles. The maximum Gasteiger partial charge on any atom is 0.331 e. The van der Waals surface area contributed by atoms with Gasteiger partial charge in [0.2, 0.25) is 0 Å². The minimum absolute atomic E-state index is 0.106. The molecule has 3 N–H and O–H groups in total. The first kappa shape index (κ1) is 24.6. The summed E-state index contributed by atoms with van der Waals surface area (Å²) in [4.78, 5) is 11.3. The highest BCUT2D eigenvalue weighted by atomic mass is 16.5. The molecule has 0 aromatic rings. The normalized spacial score (nSPS) is 24.2.